The molecule has 0 aliphatic rings. The normalized spacial score (nSPS) is 10.2. The van der Waals surface area contributed by atoms with Crippen LogP contribution in [0.5, 0.6) is 11.5 Å². The van der Waals surface area contributed by atoms with Gasteiger partial charge in [0.15, 0.2) is 0 Å². The number of hydrogen-bond donors (Lipinski definition) is 4. The first-order valence-corrected chi connectivity index (χ1v) is 5.44. The number of hydrogen-bond acceptors (Lipinski definition) is 4. The average Bonchev–Trinajstić information content (AvgIpc) is 2.81. The molecule has 2 aromatic rings. The Morgan fingerprint density at radius 1 is 1.39 bits per heavy atom. The summed E-state index contributed by atoms with van der Waals surface area (Å²) in [5.41, 5.74) is 1.06. The second-order valence-corrected chi connectivity index (χ2v) is 3.78. The van der Waals surface area contributed by atoms with Crippen molar-refractivity contribution in [2.45, 2.75) is 6.42 Å². The summed E-state index contributed by atoms with van der Waals surface area (Å²) in [6.45, 7) is 0.432. The van der Waals surface area contributed by atoms with Crippen molar-refractivity contribution in [2.24, 2.45) is 0 Å². The van der Waals surface area contributed by atoms with E-state index in [1.807, 2.05) is 0 Å². The molecule has 0 saturated carbocycles. The van der Waals surface area contributed by atoms with Crippen molar-refractivity contribution in [3.63, 3.8) is 0 Å². The lowest BCUT2D eigenvalue weighted by Gasteiger charge is -2.06. The molecule has 18 heavy (non-hydrogen) atoms. The van der Waals surface area contributed by atoms with Gasteiger partial charge in [-0.1, -0.05) is 0 Å². The molecule has 6 heteroatoms. The van der Waals surface area contributed by atoms with Gasteiger partial charge in [0.2, 0.25) is 0 Å². The van der Waals surface area contributed by atoms with Gasteiger partial charge >= 0.3 is 0 Å². The van der Waals surface area contributed by atoms with Crippen molar-refractivity contribution in [3.05, 3.63) is 42.0 Å². The van der Waals surface area contributed by atoms with Crippen LogP contribution in [0.2, 0.25) is 0 Å². The van der Waals surface area contributed by atoms with Gasteiger partial charge in [0.05, 0.1) is 11.9 Å². The second kappa shape index (κ2) is 5.22. The Morgan fingerprint density at radius 3 is 2.89 bits per heavy atom. The van der Waals surface area contributed by atoms with Crippen LogP contribution in [0, 0.1) is 0 Å². The molecule has 94 valence electrons. The number of phenols is 2. The molecule has 1 heterocycles. The monoisotopic (exact) mass is 247 g/mol. The number of nitrogens with one attached hydrogen (secondary N) is 2. The van der Waals surface area contributed by atoms with E-state index in [0.29, 0.717) is 13.0 Å². The standard InChI is InChI=1S/C12H13N3O3/c16-9-1-2-10(11(17)5-9)12(18)14-4-3-8-6-13-7-15-8/h1-2,5-7,16-17H,3-4H2,(H,13,15)(H,14,18). The number of carbonyl (C=O) groups is 1. The molecule has 0 bridgehead atoms. The number of aromatic nitrogens is 2. The van der Waals surface area contributed by atoms with Crippen molar-refractivity contribution in [3.8, 4) is 11.5 Å². The fraction of sp³-hybridized carbons (Fsp3) is 0.167. The van der Waals surface area contributed by atoms with Crippen molar-refractivity contribution in [1.82, 2.24) is 15.3 Å². The Bertz CT molecular complexity index is 538. The van der Waals surface area contributed by atoms with Crippen molar-refractivity contribution in [1.29, 1.82) is 0 Å². The van der Waals surface area contributed by atoms with Crippen LogP contribution in [0.25, 0.3) is 0 Å². The maximum Gasteiger partial charge on any atom is 0.255 e. The van der Waals surface area contributed by atoms with Crippen LogP contribution in [0.15, 0.2) is 30.7 Å². The molecule has 0 unspecified atom stereocenters. The number of H-pyrrole nitrogens is 1. The lowest BCUT2D eigenvalue weighted by Crippen LogP contribution is -2.25. The van der Waals surface area contributed by atoms with E-state index < -0.39 is 0 Å². The summed E-state index contributed by atoms with van der Waals surface area (Å²) in [7, 11) is 0. The Hall–Kier alpha value is -2.50. The minimum Gasteiger partial charge on any atom is -0.508 e. The number of amides is 1. The highest BCUT2D eigenvalue weighted by Gasteiger charge is 2.10. The molecule has 0 radical (unpaired) electrons. The maximum atomic E-state index is 11.7. The molecular formula is C12H13N3O3. The fourth-order valence-corrected chi connectivity index (χ4v) is 1.54. The first-order valence-electron chi connectivity index (χ1n) is 5.44. The van der Waals surface area contributed by atoms with Gasteiger partial charge in [-0.15, -0.1) is 0 Å². The molecule has 2 rings (SSSR count). The topological polar surface area (TPSA) is 98.2 Å². The van der Waals surface area contributed by atoms with Gasteiger partial charge < -0.3 is 20.5 Å². The van der Waals surface area contributed by atoms with Crippen LogP contribution in [0.4, 0.5) is 0 Å². The zero-order valence-corrected chi connectivity index (χ0v) is 9.55. The van der Waals surface area contributed by atoms with E-state index in [4.69, 9.17) is 5.11 Å². The molecule has 1 amide bonds. The minimum atomic E-state index is -0.382. The van der Waals surface area contributed by atoms with Crippen LogP contribution < -0.4 is 5.32 Å². The molecule has 0 atom stereocenters. The van der Waals surface area contributed by atoms with Crippen LogP contribution >= 0.6 is 0 Å². The predicted octanol–water partition coefficient (Wildman–Crippen LogP) is 0.793. The second-order valence-electron chi connectivity index (χ2n) is 3.78. The summed E-state index contributed by atoms with van der Waals surface area (Å²) in [5, 5.41) is 21.3. The number of aromatic amines is 1. The van der Waals surface area contributed by atoms with E-state index in [-0.39, 0.29) is 23.0 Å². The highest BCUT2D eigenvalue weighted by Crippen LogP contribution is 2.22. The Labute approximate surface area is 103 Å². The van der Waals surface area contributed by atoms with Gasteiger partial charge in [-0.2, -0.15) is 0 Å². The van der Waals surface area contributed by atoms with Crippen LogP contribution in [0.1, 0.15) is 16.1 Å². The number of carbonyl (C=O) groups excluding carboxylic acids is 1. The van der Waals surface area contributed by atoms with Crippen molar-refractivity contribution >= 4 is 5.91 Å². The van der Waals surface area contributed by atoms with E-state index in [1.165, 1.54) is 12.1 Å². The SMILES string of the molecule is O=C(NCCc1cnc[nH]1)c1ccc(O)cc1O. The number of nitrogens with zero attached hydrogens (tertiary/aromatic N) is 1. The molecule has 6 nitrogen and oxygen atoms in total. The molecule has 0 aliphatic carbocycles. The molecule has 0 fully saturated rings. The molecule has 1 aromatic heterocycles. The third kappa shape index (κ3) is 2.79. The number of phenolic OH excluding ortho intramolecular Hbond substituents is 2. The predicted molar refractivity (Wildman–Crippen MR) is 64.4 cm³/mol. The van der Waals surface area contributed by atoms with Gasteiger partial charge in [0, 0.05) is 30.9 Å². The highest BCUT2D eigenvalue weighted by atomic mass is 16.3. The molecule has 0 saturated heterocycles. The van der Waals surface area contributed by atoms with Gasteiger partial charge in [0.1, 0.15) is 11.5 Å². The van der Waals surface area contributed by atoms with Gasteiger partial charge in [-0.25, -0.2) is 4.98 Å². The third-order valence-corrected chi connectivity index (χ3v) is 2.46. The smallest absolute Gasteiger partial charge is 0.255 e. The molecular weight excluding hydrogens is 234 g/mol. The largest absolute Gasteiger partial charge is 0.508 e. The minimum absolute atomic E-state index is 0.0819. The van der Waals surface area contributed by atoms with E-state index in [2.05, 4.69) is 15.3 Å². The highest BCUT2D eigenvalue weighted by molar-refractivity contribution is 5.96. The van der Waals surface area contributed by atoms with Gasteiger partial charge in [0.25, 0.3) is 5.91 Å². The summed E-state index contributed by atoms with van der Waals surface area (Å²) < 4.78 is 0. The molecule has 0 aliphatic heterocycles. The van der Waals surface area contributed by atoms with E-state index in [9.17, 15) is 9.90 Å². The maximum absolute atomic E-state index is 11.7. The lowest BCUT2D eigenvalue weighted by atomic mass is 10.1. The molecule has 1 aromatic carbocycles. The van der Waals surface area contributed by atoms with Crippen LogP contribution in [-0.4, -0.2) is 32.6 Å². The number of rotatable bonds is 4. The van der Waals surface area contributed by atoms with E-state index in [0.717, 1.165) is 11.8 Å². The summed E-state index contributed by atoms with van der Waals surface area (Å²) >= 11 is 0. The van der Waals surface area contributed by atoms with Crippen molar-refractivity contribution in [2.75, 3.05) is 6.54 Å². The Kier molecular flexibility index (Phi) is 3.47. The first kappa shape index (κ1) is 12.0. The zero-order chi connectivity index (χ0) is 13.0. The van der Waals surface area contributed by atoms with E-state index >= 15 is 0 Å². The summed E-state index contributed by atoms with van der Waals surface area (Å²) in [6.07, 6.45) is 3.89. The summed E-state index contributed by atoms with van der Waals surface area (Å²) in [6, 6.07) is 3.85. The van der Waals surface area contributed by atoms with Gasteiger partial charge in [-0.3, -0.25) is 4.79 Å². The van der Waals surface area contributed by atoms with Gasteiger partial charge in [-0.05, 0) is 12.1 Å². The lowest BCUT2D eigenvalue weighted by molar-refractivity contribution is 0.0951. The quantitative estimate of drug-likeness (QED) is 0.642. The zero-order valence-electron chi connectivity index (χ0n) is 9.55. The average molecular weight is 247 g/mol. The summed E-state index contributed by atoms with van der Waals surface area (Å²) in [5.74, 6) is -0.706. The summed E-state index contributed by atoms with van der Waals surface area (Å²) in [4.78, 5) is 18.5. The van der Waals surface area contributed by atoms with E-state index in [1.54, 1.807) is 12.5 Å². The fourth-order valence-electron chi connectivity index (χ4n) is 1.54. The molecule has 0 spiro atoms. The number of aromatic hydroxyl groups is 2. The number of benzene rings is 1. The Balaban J connectivity index is 1.91. The van der Waals surface area contributed by atoms with Crippen LogP contribution in [-0.2, 0) is 6.42 Å². The third-order valence-electron chi connectivity index (χ3n) is 2.46. The van der Waals surface area contributed by atoms with Crippen LogP contribution in [0.3, 0.4) is 0 Å². The molecule has 4 N–H and O–H groups in total. The van der Waals surface area contributed by atoms with Crippen molar-refractivity contribution < 1.29 is 15.0 Å². The first-order chi connectivity index (χ1) is 8.66. The number of imidazole rings is 1. The Morgan fingerprint density at radius 2 is 2.22 bits per heavy atom.